The molecule has 4 N–H and O–H groups in total. The molecule has 0 unspecified atom stereocenters. The number of hydrogen-bond acceptors (Lipinski definition) is 7. The minimum absolute atomic E-state index is 0.0342. The Kier molecular flexibility index (Phi) is 3.93. The van der Waals surface area contributed by atoms with Crippen molar-refractivity contribution < 1.29 is 9.72 Å². The van der Waals surface area contributed by atoms with Crippen molar-refractivity contribution in [3.63, 3.8) is 0 Å². The molecule has 0 aliphatic rings. The molecule has 9 heteroatoms. The van der Waals surface area contributed by atoms with Gasteiger partial charge in [-0.1, -0.05) is 12.1 Å². The van der Waals surface area contributed by atoms with Gasteiger partial charge in [0, 0.05) is 7.05 Å². The van der Waals surface area contributed by atoms with Gasteiger partial charge in [0.25, 0.3) is 5.91 Å². The summed E-state index contributed by atoms with van der Waals surface area (Å²) in [5.41, 5.74) is 5.49. The van der Waals surface area contributed by atoms with E-state index in [1.54, 1.807) is 25.2 Å². The molecule has 0 saturated heterocycles. The average molecular weight is 288 g/mol. The predicted molar refractivity (Wildman–Crippen MR) is 76.5 cm³/mol. The van der Waals surface area contributed by atoms with Crippen LogP contribution in [0.2, 0.25) is 0 Å². The Morgan fingerprint density at radius 3 is 2.71 bits per heavy atom. The Morgan fingerprint density at radius 2 is 2.10 bits per heavy atom. The lowest BCUT2D eigenvalue weighted by atomic mass is 10.1. The van der Waals surface area contributed by atoms with Crippen molar-refractivity contribution in [1.29, 1.82) is 0 Å². The highest BCUT2D eigenvalue weighted by molar-refractivity contribution is 5.99. The molecule has 9 nitrogen and oxygen atoms in total. The molecule has 1 heterocycles. The number of anilines is 3. The number of rotatable bonds is 5. The van der Waals surface area contributed by atoms with Crippen LogP contribution in [-0.4, -0.2) is 27.8 Å². The summed E-state index contributed by atoms with van der Waals surface area (Å²) in [6.07, 6.45) is 1.08. The second-order valence-corrected chi connectivity index (χ2v) is 3.97. The lowest BCUT2D eigenvalue weighted by molar-refractivity contribution is -0.384. The lowest BCUT2D eigenvalue weighted by Crippen LogP contribution is -2.14. The summed E-state index contributed by atoms with van der Waals surface area (Å²) in [6.45, 7) is 0. The highest BCUT2D eigenvalue weighted by atomic mass is 16.6. The van der Waals surface area contributed by atoms with Gasteiger partial charge in [-0.3, -0.25) is 14.9 Å². The van der Waals surface area contributed by atoms with Crippen molar-refractivity contribution in [3.8, 4) is 0 Å². The Labute approximate surface area is 119 Å². The molecule has 1 amide bonds. The van der Waals surface area contributed by atoms with E-state index < -0.39 is 10.8 Å². The van der Waals surface area contributed by atoms with Crippen molar-refractivity contribution >= 4 is 29.0 Å². The van der Waals surface area contributed by atoms with Crippen LogP contribution < -0.4 is 16.4 Å². The number of nitro groups is 1. The Hall–Kier alpha value is -3.23. The quantitative estimate of drug-likeness (QED) is 0.556. The molecule has 2 aromatic rings. The first-order chi connectivity index (χ1) is 10.0. The maximum atomic E-state index is 11.4. The van der Waals surface area contributed by atoms with Gasteiger partial charge < -0.3 is 16.4 Å². The van der Waals surface area contributed by atoms with E-state index in [0.717, 1.165) is 6.20 Å². The van der Waals surface area contributed by atoms with Crippen molar-refractivity contribution in [3.05, 3.63) is 46.1 Å². The number of aromatic nitrogens is 2. The second kappa shape index (κ2) is 5.82. The molecule has 1 aromatic carbocycles. The summed E-state index contributed by atoms with van der Waals surface area (Å²) >= 11 is 0. The van der Waals surface area contributed by atoms with Gasteiger partial charge in [0.1, 0.15) is 6.20 Å². The maximum Gasteiger partial charge on any atom is 0.329 e. The number of carbonyl (C=O) groups is 1. The second-order valence-electron chi connectivity index (χ2n) is 3.97. The third kappa shape index (κ3) is 3.03. The van der Waals surface area contributed by atoms with E-state index in [1.165, 1.54) is 6.07 Å². The summed E-state index contributed by atoms with van der Waals surface area (Å²) in [5, 5.41) is 16.4. The zero-order chi connectivity index (χ0) is 15.4. The fourth-order valence-electron chi connectivity index (χ4n) is 1.66. The van der Waals surface area contributed by atoms with Crippen molar-refractivity contribution in [1.82, 2.24) is 9.97 Å². The van der Waals surface area contributed by atoms with E-state index in [1.807, 2.05) is 0 Å². The first-order valence-corrected chi connectivity index (χ1v) is 5.88. The summed E-state index contributed by atoms with van der Waals surface area (Å²) in [6, 6.07) is 6.39. The molecule has 0 aliphatic heterocycles. The molecule has 2 rings (SSSR count). The highest BCUT2D eigenvalue weighted by Gasteiger charge is 2.19. The van der Waals surface area contributed by atoms with E-state index in [0.29, 0.717) is 5.69 Å². The molecule has 108 valence electrons. The van der Waals surface area contributed by atoms with Gasteiger partial charge in [0.15, 0.2) is 0 Å². The van der Waals surface area contributed by atoms with Crippen LogP contribution in [0.25, 0.3) is 0 Å². The van der Waals surface area contributed by atoms with Gasteiger partial charge in [0.2, 0.25) is 11.8 Å². The number of primary amides is 1. The third-order valence-corrected chi connectivity index (χ3v) is 2.64. The normalized spacial score (nSPS) is 9.95. The van der Waals surface area contributed by atoms with Crippen LogP contribution in [0, 0.1) is 10.1 Å². The van der Waals surface area contributed by atoms with Crippen LogP contribution in [0.5, 0.6) is 0 Å². The Morgan fingerprint density at radius 1 is 1.38 bits per heavy atom. The molecular formula is C12H12N6O3. The summed E-state index contributed by atoms with van der Waals surface area (Å²) < 4.78 is 0. The standard InChI is InChI=1S/C12H12N6O3/c1-14-12-15-6-9(18(20)21)11(17-12)16-8-5-3-2-4-7(8)10(13)19/h2-6H,1H3,(H2,13,19)(H2,14,15,16,17). The molecule has 0 radical (unpaired) electrons. The third-order valence-electron chi connectivity index (χ3n) is 2.64. The van der Waals surface area contributed by atoms with E-state index in [-0.39, 0.29) is 23.0 Å². The van der Waals surface area contributed by atoms with Crippen molar-refractivity contribution in [2.75, 3.05) is 17.7 Å². The van der Waals surface area contributed by atoms with Crippen molar-refractivity contribution in [2.45, 2.75) is 0 Å². The summed E-state index contributed by atoms with van der Waals surface area (Å²) in [4.78, 5) is 29.5. The molecule has 0 atom stereocenters. The fraction of sp³-hybridized carbons (Fsp3) is 0.0833. The van der Waals surface area contributed by atoms with Gasteiger partial charge >= 0.3 is 5.69 Å². The van der Waals surface area contributed by atoms with Crippen LogP contribution in [0.3, 0.4) is 0 Å². The SMILES string of the molecule is CNc1ncc([N+](=O)[O-])c(Nc2ccccc2C(N)=O)n1. The predicted octanol–water partition coefficient (Wildman–Crippen LogP) is 1.27. The number of nitrogens with two attached hydrogens (primary N) is 1. The molecular weight excluding hydrogens is 276 g/mol. The number of nitrogens with zero attached hydrogens (tertiary/aromatic N) is 3. The number of nitrogens with one attached hydrogen (secondary N) is 2. The van der Waals surface area contributed by atoms with E-state index >= 15 is 0 Å². The molecule has 21 heavy (non-hydrogen) atoms. The van der Waals surface area contributed by atoms with Crippen LogP contribution in [0.15, 0.2) is 30.5 Å². The Bertz CT molecular complexity index is 703. The summed E-state index contributed by atoms with van der Waals surface area (Å²) in [7, 11) is 1.59. The molecule has 0 fully saturated rings. The number of hydrogen-bond donors (Lipinski definition) is 3. The summed E-state index contributed by atoms with van der Waals surface area (Å²) in [5.74, 6) is -0.476. The van der Waals surface area contributed by atoms with Crippen LogP contribution >= 0.6 is 0 Å². The molecule has 0 aliphatic carbocycles. The first kappa shape index (κ1) is 14.2. The van der Waals surface area contributed by atoms with E-state index in [2.05, 4.69) is 20.6 Å². The number of carbonyl (C=O) groups excluding carboxylic acids is 1. The Balaban J connectivity index is 2.48. The molecule has 0 spiro atoms. The number of para-hydroxylation sites is 1. The molecule has 0 saturated carbocycles. The molecule has 0 bridgehead atoms. The van der Waals surface area contributed by atoms with Crippen LogP contribution in [0.1, 0.15) is 10.4 Å². The van der Waals surface area contributed by atoms with Crippen molar-refractivity contribution in [2.24, 2.45) is 5.73 Å². The zero-order valence-electron chi connectivity index (χ0n) is 11.0. The van der Waals surface area contributed by atoms with Gasteiger partial charge in [0.05, 0.1) is 16.2 Å². The van der Waals surface area contributed by atoms with Crippen LogP contribution in [0.4, 0.5) is 23.1 Å². The minimum atomic E-state index is -0.649. The number of benzene rings is 1. The fourth-order valence-corrected chi connectivity index (χ4v) is 1.66. The zero-order valence-corrected chi connectivity index (χ0v) is 11.0. The first-order valence-electron chi connectivity index (χ1n) is 5.88. The largest absolute Gasteiger partial charge is 0.366 e. The van der Waals surface area contributed by atoms with Gasteiger partial charge in [-0.2, -0.15) is 4.98 Å². The highest BCUT2D eigenvalue weighted by Crippen LogP contribution is 2.27. The average Bonchev–Trinajstić information content (AvgIpc) is 2.47. The van der Waals surface area contributed by atoms with Gasteiger partial charge in [-0.05, 0) is 12.1 Å². The lowest BCUT2D eigenvalue weighted by Gasteiger charge is -2.10. The topological polar surface area (TPSA) is 136 Å². The van der Waals surface area contributed by atoms with Gasteiger partial charge in [-0.15, -0.1) is 0 Å². The monoisotopic (exact) mass is 288 g/mol. The minimum Gasteiger partial charge on any atom is -0.366 e. The molecule has 1 aromatic heterocycles. The maximum absolute atomic E-state index is 11.4. The van der Waals surface area contributed by atoms with E-state index in [9.17, 15) is 14.9 Å². The van der Waals surface area contributed by atoms with Gasteiger partial charge in [-0.25, -0.2) is 4.98 Å². The smallest absolute Gasteiger partial charge is 0.329 e. The van der Waals surface area contributed by atoms with E-state index in [4.69, 9.17) is 5.73 Å². The number of amides is 1. The van der Waals surface area contributed by atoms with Crippen LogP contribution in [-0.2, 0) is 0 Å².